The lowest BCUT2D eigenvalue weighted by Gasteiger charge is -2.68. The van der Waals surface area contributed by atoms with Crippen molar-refractivity contribution in [2.75, 3.05) is 20.3 Å². The molecule has 1 heterocycles. The number of halogens is 1. The number of aliphatic hydroxyl groups is 2. The topological polar surface area (TPSA) is 239 Å². The first-order chi connectivity index (χ1) is 39.7. The number of hydrogen-bond donors (Lipinski definition) is 4. The van der Waals surface area contributed by atoms with Crippen molar-refractivity contribution < 1.29 is 72.2 Å². The van der Waals surface area contributed by atoms with E-state index in [-0.39, 0.29) is 47.5 Å². The number of ether oxygens (including phenoxy) is 6. The fraction of sp³-hybridized carbons (Fsp3) is 0.621. The van der Waals surface area contributed by atoms with E-state index in [4.69, 9.17) is 28.5 Å². The highest BCUT2D eigenvalue weighted by Crippen LogP contribution is 2.81. The summed E-state index contributed by atoms with van der Waals surface area (Å²) in [6.07, 6.45) is 1.88. The molecule has 1 saturated heterocycles. The SMILES string of the molecule is C=C(O[C@H]1CC2(O)[C@@H](OC(=O)c3ccccc3)[C@]3(C)[C@]4(CC(=O)O4)[C@H](CC)C[C@@H]4C[C@@]43C(=O)[C@H](OC(C)=O)C(=C1C)C2(C)C)[C@H](CO)C(NC(=O)OC(C)(C)C)c1ccccc1.C=CC.C=O.CC.CC.CCCCC(=O)OC.CCCNI. The second-order valence-electron chi connectivity index (χ2n) is 22.7. The Balaban J connectivity index is 0.00000138. The smallest absolute Gasteiger partial charge is 0.408 e. The molecular weight excluding hydrogens is 1190 g/mol. The van der Waals surface area contributed by atoms with Gasteiger partial charge in [-0.25, -0.2) is 9.59 Å². The number of unbranched alkanes of at least 4 members (excludes halogenated alkanes) is 1. The molecule has 1 aliphatic heterocycles. The van der Waals surface area contributed by atoms with Crippen LogP contribution in [0.5, 0.6) is 0 Å². The van der Waals surface area contributed by atoms with Crippen molar-refractivity contribution >= 4 is 65.4 Å². The lowest BCUT2D eigenvalue weighted by molar-refractivity contribution is -0.310. The molecule has 472 valence electrons. The van der Waals surface area contributed by atoms with Gasteiger partial charge in [-0.05, 0) is 101 Å². The van der Waals surface area contributed by atoms with E-state index in [2.05, 4.69) is 56.5 Å². The second-order valence-corrected chi connectivity index (χ2v) is 23.4. The monoisotopic (exact) mass is 1290 g/mol. The number of hydrogen-bond acceptors (Lipinski definition) is 16. The number of ketones is 1. The summed E-state index contributed by atoms with van der Waals surface area (Å²) >= 11 is 2.14. The summed E-state index contributed by atoms with van der Waals surface area (Å²) in [6.45, 7) is 39.7. The summed E-state index contributed by atoms with van der Waals surface area (Å²) in [5, 5.41) is 27.9. The molecule has 5 aliphatic rings. The van der Waals surface area contributed by atoms with Gasteiger partial charge in [-0.2, -0.15) is 0 Å². The van der Waals surface area contributed by atoms with E-state index >= 15 is 4.79 Å². The Bertz CT molecular complexity index is 2480. The van der Waals surface area contributed by atoms with E-state index in [0.29, 0.717) is 36.8 Å². The number of allylic oxidation sites excluding steroid dienone is 1. The molecule has 4 aliphatic carbocycles. The molecule has 4 fully saturated rings. The van der Waals surface area contributed by atoms with Gasteiger partial charge >= 0.3 is 30.0 Å². The zero-order valence-electron chi connectivity index (χ0n) is 53.4. The van der Waals surface area contributed by atoms with Gasteiger partial charge in [0.25, 0.3) is 0 Å². The molecule has 84 heavy (non-hydrogen) atoms. The summed E-state index contributed by atoms with van der Waals surface area (Å²) in [4.78, 5) is 88.2. The highest BCUT2D eigenvalue weighted by Gasteiger charge is 2.88. The number of carbonyl (C=O) groups excluding carboxylic acids is 7. The summed E-state index contributed by atoms with van der Waals surface area (Å²) in [6, 6.07) is 16.4. The van der Waals surface area contributed by atoms with Crippen LogP contribution in [0, 0.1) is 34.0 Å². The molecule has 2 aromatic carbocycles. The number of carbonyl (C=O) groups is 7. The number of aliphatic hydroxyl groups excluding tert-OH is 1. The van der Waals surface area contributed by atoms with Crippen LogP contribution in [-0.2, 0) is 52.4 Å². The highest BCUT2D eigenvalue weighted by molar-refractivity contribution is 14.1. The van der Waals surface area contributed by atoms with Crippen molar-refractivity contribution in [1.29, 1.82) is 0 Å². The number of fused-ring (bicyclic) bond motifs is 3. The average molecular weight is 1290 g/mol. The third-order valence-electron chi connectivity index (χ3n) is 16.4. The van der Waals surface area contributed by atoms with Gasteiger partial charge in [0.15, 0.2) is 11.9 Å². The van der Waals surface area contributed by atoms with Crippen LogP contribution in [0.15, 0.2) is 96.8 Å². The minimum absolute atomic E-state index is 0.0338. The molecule has 2 bridgehead atoms. The molecule has 1 amide bonds. The lowest BCUT2D eigenvalue weighted by atomic mass is 9.41. The Kier molecular flexibility index (Phi) is 31.6. The van der Waals surface area contributed by atoms with E-state index in [1.165, 1.54) is 20.5 Å². The van der Waals surface area contributed by atoms with Gasteiger partial charge in [0.2, 0.25) is 0 Å². The van der Waals surface area contributed by atoms with E-state index in [1.54, 1.807) is 109 Å². The molecular formula is C66H101IN2O15. The van der Waals surface area contributed by atoms with Gasteiger partial charge < -0.3 is 48.7 Å². The maximum Gasteiger partial charge on any atom is 0.408 e. The van der Waals surface area contributed by atoms with Crippen LogP contribution in [0.1, 0.15) is 191 Å². The van der Waals surface area contributed by atoms with Crippen LogP contribution < -0.4 is 8.85 Å². The van der Waals surface area contributed by atoms with Crippen LogP contribution in [0.2, 0.25) is 0 Å². The average Bonchev–Trinajstić information content (AvgIpc) is 1.38. The molecule has 7 rings (SSSR count). The van der Waals surface area contributed by atoms with Crippen LogP contribution in [-0.4, -0.2) is 108 Å². The zero-order chi connectivity index (χ0) is 64.6. The summed E-state index contributed by atoms with van der Waals surface area (Å²) in [5.74, 6) is -3.88. The minimum atomic E-state index is -2.10. The molecule has 3 saturated carbocycles. The first-order valence-corrected chi connectivity index (χ1v) is 30.6. The van der Waals surface area contributed by atoms with E-state index in [1.807, 2.05) is 61.3 Å². The van der Waals surface area contributed by atoms with E-state index < -0.39 is 99.7 Å². The van der Waals surface area contributed by atoms with E-state index in [0.717, 1.165) is 19.4 Å². The Morgan fingerprint density at radius 2 is 1.45 bits per heavy atom. The van der Waals surface area contributed by atoms with Crippen LogP contribution in [0.25, 0.3) is 0 Å². The number of nitrogens with one attached hydrogen (secondary N) is 2. The Morgan fingerprint density at radius 3 is 1.89 bits per heavy atom. The van der Waals surface area contributed by atoms with Gasteiger partial charge in [-0.1, -0.05) is 137 Å². The van der Waals surface area contributed by atoms with Crippen molar-refractivity contribution in [2.45, 2.75) is 210 Å². The molecule has 18 heteroatoms. The zero-order valence-corrected chi connectivity index (χ0v) is 55.5. The van der Waals surface area contributed by atoms with Crippen molar-refractivity contribution in [3.8, 4) is 0 Å². The largest absolute Gasteiger partial charge is 0.490 e. The van der Waals surface area contributed by atoms with Gasteiger partial charge in [-0.3, -0.25) is 22.7 Å². The van der Waals surface area contributed by atoms with E-state index in [9.17, 15) is 34.2 Å². The predicted molar refractivity (Wildman–Crippen MR) is 335 cm³/mol. The number of rotatable bonds is 16. The van der Waals surface area contributed by atoms with Crippen molar-refractivity contribution in [3.05, 3.63) is 108 Å². The third-order valence-corrected chi connectivity index (χ3v) is 16.9. The molecule has 4 N–H and O–H groups in total. The lowest BCUT2D eigenvalue weighted by Crippen LogP contribution is -2.80. The molecule has 17 nitrogen and oxygen atoms in total. The number of benzene rings is 2. The highest BCUT2D eigenvalue weighted by atomic mass is 127. The van der Waals surface area contributed by atoms with Crippen LogP contribution in [0.4, 0.5) is 4.79 Å². The minimum Gasteiger partial charge on any atom is -0.490 e. The third kappa shape index (κ3) is 17.0. The summed E-state index contributed by atoms with van der Waals surface area (Å²) < 4.78 is 38.9. The maximum atomic E-state index is 15.8. The molecule has 2 unspecified atom stereocenters. The molecule has 0 aromatic heterocycles. The Morgan fingerprint density at radius 1 is 0.905 bits per heavy atom. The first-order valence-electron chi connectivity index (χ1n) is 29.6. The predicted octanol–water partition coefficient (Wildman–Crippen LogP) is 12.9. The van der Waals surface area contributed by atoms with Crippen molar-refractivity contribution in [2.24, 2.45) is 34.0 Å². The quantitative estimate of drug-likeness (QED) is 0.0305. The van der Waals surface area contributed by atoms with Crippen LogP contribution in [0.3, 0.4) is 0 Å². The van der Waals surface area contributed by atoms with Crippen molar-refractivity contribution in [3.63, 3.8) is 0 Å². The number of alkyl carbamates (subject to hydrolysis) is 1. The number of esters is 4. The Labute approximate surface area is 515 Å². The standard InChI is InChI=1S/C49H61NO12.C6H12O2.C3H8IN.C3H6.2C2H6.CH2O/c1-11-32-22-33-23-47(33)40(54)39(59-29(4)52)37-27(2)35(58-28(3)34(26-51)38(30-18-14-12-15-19-30)50-43(56)62-44(5,6)7)24-48(57,45(37,8)9)42(46(47,10)49(32)25-36(53)61-49)60-41(55)31-20-16-13-17-21-31;1-3-4-5-6(7)8-2;1-2-3-5-4;1-3-2;3*1-2/h12-21,32-35,38-39,42,51,57H,3,11,22-26H2,1-2,4-10H3,(H,50,56);3-5H2,1-2H3;5H,2-3H2,1H3;3H,1H2,2H3;2*1-2H3;1H2/t32-,33-,34+,35+,38?,39-,42+,46+,47+,48?,49+;;;;;;/m1....../s1. The molecule has 2 spiro atoms. The van der Waals surface area contributed by atoms with Gasteiger partial charge in [0.05, 0.1) is 48.8 Å². The normalized spacial score (nSPS) is 26.8. The Hall–Kier alpha value is -5.44. The summed E-state index contributed by atoms with van der Waals surface area (Å²) in [7, 11) is 1.41. The number of methoxy groups -OCH3 is 1. The second kappa shape index (κ2) is 34.6. The van der Waals surface area contributed by atoms with Crippen molar-refractivity contribution in [1.82, 2.24) is 8.85 Å². The first kappa shape index (κ1) is 76.6. The molecule has 11 atom stereocenters. The molecule has 2 aromatic rings. The maximum absolute atomic E-state index is 15.8. The molecule has 0 radical (unpaired) electrons. The van der Waals surface area contributed by atoms with Gasteiger partial charge in [0.1, 0.15) is 35.8 Å². The number of amides is 1. The van der Waals surface area contributed by atoms with Gasteiger partial charge in [0, 0.05) is 65.9 Å². The fourth-order valence-corrected chi connectivity index (χ4v) is 13.0. The number of Topliss-reactive ketones (excluding diaryl/α,β-unsaturated/α-hetero) is 1. The van der Waals surface area contributed by atoms with Gasteiger partial charge in [-0.15, -0.1) is 6.58 Å². The van der Waals surface area contributed by atoms with Crippen LogP contribution >= 0.6 is 22.9 Å². The summed E-state index contributed by atoms with van der Waals surface area (Å²) in [5.41, 5.74) is -6.97. The fourth-order valence-electron chi connectivity index (χ4n) is 12.5.